The minimum Gasteiger partial charge on any atom is -0.382 e. The summed E-state index contributed by atoms with van der Waals surface area (Å²) < 4.78 is 1.32. The summed E-state index contributed by atoms with van der Waals surface area (Å²) in [6.07, 6.45) is 4.23. The largest absolute Gasteiger partial charge is 0.408 e. The van der Waals surface area contributed by atoms with Gasteiger partial charge in [0.05, 0.1) is 29.4 Å². The Morgan fingerprint density at radius 3 is 2.76 bits per heavy atom. The molecule has 2 aromatic rings. The molecule has 0 spiro atoms. The Labute approximate surface area is 100 Å². The number of hydrogen-bond acceptors (Lipinski definition) is 6. The molecule has 9 heteroatoms. The van der Waals surface area contributed by atoms with Crippen molar-refractivity contribution in [2.24, 2.45) is 0 Å². The molecule has 0 aliphatic rings. The van der Waals surface area contributed by atoms with Gasteiger partial charge in [-0.15, -0.1) is 0 Å². The smallest absolute Gasteiger partial charge is 0.382 e. The predicted octanol–water partition coefficient (Wildman–Crippen LogP) is 0.865. The molecule has 17 heavy (non-hydrogen) atoms. The molecule has 88 valence electrons. The molecule has 0 saturated heterocycles. The summed E-state index contributed by atoms with van der Waals surface area (Å²) in [6.45, 7) is 0.237. The van der Waals surface area contributed by atoms with Gasteiger partial charge in [-0.25, -0.2) is 4.98 Å². The lowest BCUT2D eigenvalue weighted by Gasteiger charge is -1.97. The number of anilines is 1. The maximum Gasteiger partial charge on any atom is 0.408 e. The van der Waals surface area contributed by atoms with E-state index >= 15 is 0 Å². The van der Waals surface area contributed by atoms with Gasteiger partial charge in [0.1, 0.15) is 12.4 Å². The van der Waals surface area contributed by atoms with Gasteiger partial charge in [-0.3, -0.25) is 4.98 Å². The lowest BCUT2D eigenvalue weighted by atomic mass is 10.4. The van der Waals surface area contributed by atoms with E-state index < -0.39 is 4.92 Å². The molecule has 0 radical (unpaired) electrons. The molecule has 0 bridgehead atoms. The van der Waals surface area contributed by atoms with E-state index in [1.807, 2.05) is 0 Å². The van der Waals surface area contributed by atoms with Gasteiger partial charge in [-0.05, 0) is 4.92 Å². The summed E-state index contributed by atoms with van der Waals surface area (Å²) in [6, 6.07) is 0. The molecular formula is C8H7ClN6O2. The topological polar surface area (TPSA) is 113 Å². The van der Waals surface area contributed by atoms with Gasteiger partial charge in [0.15, 0.2) is 5.02 Å². The van der Waals surface area contributed by atoms with E-state index in [1.165, 1.54) is 23.3 Å². The fourth-order valence-electron chi connectivity index (χ4n) is 1.20. The van der Waals surface area contributed by atoms with Crippen molar-refractivity contribution in [1.82, 2.24) is 19.7 Å². The van der Waals surface area contributed by atoms with Gasteiger partial charge >= 0.3 is 5.82 Å². The fourth-order valence-corrected chi connectivity index (χ4v) is 1.42. The van der Waals surface area contributed by atoms with E-state index in [0.29, 0.717) is 11.5 Å². The third kappa shape index (κ3) is 2.48. The first-order valence-corrected chi connectivity index (χ1v) is 4.88. The summed E-state index contributed by atoms with van der Waals surface area (Å²) in [5.74, 6) is -0.0756. The Hall–Kier alpha value is -2.22. The Morgan fingerprint density at radius 2 is 2.24 bits per heavy atom. The van der Waals surface area contributed by atoms with Crippen LogP contribution in [0.15, 0.2) is 18.6 Å². The monoisotopic (exact) mass is 254 g/mol. The van der Waals surface area contributed by atoms with Crippen molar-refractivity contribution < 1.29 is 4.92 Å². The number of nitrogens with two attached hydrogens (primary N) is 1. The second kappa shape index (κ2) is 4.34. The highest BCUT2D eigenvalue weighted by atomic mass is 35.5. The molecule has 0 saturated carbocycles. The quantitative estimate of drug-likeness (QED) is 0.642. The summed E-state index contributed by atoms with van der Waals surface area (Å²) in [4.78, 5) is 17.7. The molecule has 0 fully saturated rings. The SMILES string of the molecule is Nc1cnc(Cn2cc(Cl)c([N+](=O)[O-])n2)cn1. The molecule has 0 aromatic carbocycles. The molecule has 0 aliphatic carbocycles. The highest BCUT2D eigenvalue weighted by molar-refractivity contribution is 6.32. The average Bonchev–Trinajstić information content (AvgIpc) is 2.63. The summed E-state index contributed by atoms with van der Waals surface area (Å²) in [5, 5.41) is 14.2. The van der Waals surface area contributed by atoms with Crippen LogP contribution < -0.4 is 5.73 Å². The molecule has 2 aromatic heterocycles. The fraction of sp³-hybridized carbons (Fsp3) is 0.125. The number of nitrogen functional groups attached to an aromatic ring is 1. The number of nitro groups is 1. The van der Waals surface area contributed by atoms with Gasteiger partial charge < -0.3 is 15.8 Å². The Kier molecular flexibility index (Phi) is 2.88. The van der Waals surface area contributed by atoms with Crippen LogP contribution in [0.3, 0.4) is 0 Å². The van der Waals surface area contributed by atoms with Crippen LogP contribution in [-0.2, 0) is 6.54 Å². The van der Waals surface area contributed by atoms with Crippen LogP contribution in [0.4, 0.5) is 11.6 Å². The summed E-state index contributed by atoms with van der Waals surface area (Å²) in [7, 11) is 0. The van der Waals surface area contributed by atoms with Gasteiger partial charge in [0, 0.05) is 0 Å². The lowest BCUT2D eigenvalue weighted by Crippen LogP contribution is -2.04. The minimum absolute atomic E-state index is 0.0154. The van der Waals surface area contributed by atoms with Crippen LogP contribution in [-0.4, -0.2) is 24.7 Å². The zero-order valence-electron chi connectivity index (χ0n) is 8.45. The molecule has 2 rings (SSSR count). The first-order chi connectivity index (χ1) is 8.06. The standard InChI is InChI=1S/C8H7ClN6O2/c9-6-4-14(13-8(6)15(16)17)3-5-1-12-7(10)2-11-5/h1-2,4H,3H2,(H2,10,12). The highest BCUT2D eigenvalue weighted by Gasteiger charge is 2.19. The Bertz CT molecular complexity index is 552. The average molecular weight is 255 g/mol. The van der Waals surface area contributed by atoms with Crippen molar-refractivity contribution in [1.29, 1.82) is 0 Å². The van der Waals surface area contributed by atoms with E-state index in [9.17, 15) is 10.1 Å². The van der Waals surface area contributed by atoms with Crippen LogP contribution in [0.25, 0.3) is 0 Å². The minimum atomic E-state index is -0.645. The molecule has 0 atom stereocenters. The van der Waals surface area contributed by atoms with Crippen LogP contribution in [0, 0.1) is 10.1 Å². The molecule has 0 unspecified atom stereocenters. The van der Waals surface area contributed by atoms with E-state index in [0.717, 1.165) is 0 Å². The summed E-state index contributed by atoms with van der Waals surface area (Å²) in [5.41, 5.74) is 5.96. The molecule has 8 nitrogen and oxygen atoms in total. The number of nitrogens with zero attached hydrogens (tertiary/aromatic N) is 5. The number of aromatic nitrogens is 4. The third-order valence-corrected chi connectivity index (χ3v) is 2.19. The van der Waals surface area contributed by atoms with Gasteiger partial charge in [-0.2, -0.15) is 4.68 Å². The van der Waals surface area contributed by atoms with Crippen molar-refractivity contribution in [3.8, 4) is 0 Å². The number of hydrogen-bond donors (Lipinski definition) is 1. The second-order valence-electron chi connectivity index (χ2n) is 3.19. The predicted molar refractivity (Wildman–Crippen MR) is 59.4 cm³/mol. The first kappa shape index (κ1) is 11.3. The molecule has 2 heterocycles. The van der Waals surface area contributed by atoms with E-state index in [1.54, 1.807) is 0 Å². The molecule has 0 aliphatic heterocycles. The first-order valence-electron chi connectivity index (χ1n) is 4.50. The van der Waals surface area contributed by atoms with Gasteiger partial charge in [-0.1, -0.05) is 11.6 Å². The van der Waals surface area contributed by atoms with Crippen LogP contribution in [0.2, 0.25) is 5.02 Å². The van der Waals surface area contributed by atoms with Crippen molar-refractivity contribution in [3.05, 3.63) is 39.4 Å². The number of halogens is 1. The normalized spacial score (nSPS) is 10.4. The zero-order valence-corrected chi connectivity index (χ0v) is 9.20. The zero-order chi connectivity index (χ0) is 12.4. The van der Waals surface area contributed by atoms with E-state index in [2.05, 4.69) is 15.1 Å². The lowest BCUT2D eigenvalue weighted by molar-refractivity contribution is -0.389. The van der Waals surface area contributed by atoms with Crippen LogP contribution in [0.1, 0.15) is 5.69 Å². The Balaban J connectivity index is 2.22. The maximum absolute atomic E-state index is 10.5. The Morgan fingerprint density at radius 1 is 1.47 bits per heavy atom. The van der Waals surface area contributed by atoms with Gasteiger partial charge in [0.25, 0.3) is 0 Å². The van der Waals surface area contributed by atoms with Crippen LogP contribution >= 0.6 is 11.6 Å². The van der Waals surface area contributed by atoms with Crippen molar-refractivity contribution in [2.45, 2.75) is 6.54 Å². The molecular weight excluding hydrogens is 248 g/mol. The van der Waals surface area contributed by atoms with Crippen LogP contribution in [0.5, 0.6) is 0 Å². The van der Waals surface area contributed by atoms with E-state index in [4.69, 9.17) is 17.3 Å². The highest BCUT2D eigenvalue weighted by Crippen LogP contribution is 2.21. The van der Waals surface area contributed by atoms with E-state index in [-0.39, 0.29) is 17.4 Å². The second-order valence-corrected chi connectivity index (χ2v) is 3.60. The maximum atomic E-state index is 10.5. The van der Waals surface area contributed by atoms with Gasteiger partial charge in [0.2, 0.25) is 0 Å². The van der Waals surface area contributed by atoms with Crippen molar-refractivity contribution in [2.75, 3.05) is 5.73 Å². The van der Waals surface area contributed by atoms with Crippen molar-refractivity contribution in [3.63, 3.8) is 0 Å². The molecule has 0 amide bonds. The van der Waals surface area contributed by atoms with Crippen molar-refractivity contribution >= 4 is 23.2 Å². The molecule has 2 N–H and O–H groups in total. The third-order valence-electron chi connectivity index (χ3n) is 1.92. The summed E-state index contributed by atoms with van der Waals surface area (Å²) >= 11 is 5.65. The number of rotatable bonds is 3.